The largest absolute Gasteiger partial charge is 0.496 e. The van der Waals surface area contributed by atoms with E-state index in [1.54, 1.807) is 7.11 Å². The monoisotopic (exact) mass is 221 g/mol. The molecule has 3 heteroatoms. The number of nitrogens with two attached hydrogens (primary N) is 1. The van der Waals surface area contributed by atoms with E-state index in [-0.39, 0.29) is 18.1 Å². The summed E-state index contributed by atoms with van der Waals surface area (Å²) in [5.74, 6) is 0.805. The lowest BCUT2D eigenvalue weighted by Crippen LogP contribution is -2.32. The topological polar surface area (TPSA) is 55.5 Å². The molecule has 3 nitrogen and oxygen atoms in total. The van der Waals surface area contributed by atoms with Gasteiger partial charge in [-0.15, -0.1) is 0 Å². The first kappa shape index (κ1) is 11.4. The fourth-order valence-corrected chi connectivity index (χ4v) is 2.45. The lowest BCUT2D eigenvalue weighted by atomic mass is 9.87. The third-order valence-corrected chi connectivity index (χ3v) is 3.67. The predicted molar refractivity (Wildman–Crippen MR) is 63.5 cm³/mol. The van der Waals surface area contributed by atoms with Gasteiger partial charge in [-0.25, -0.2) is 0 Å². The second kappa shape index (κ2) is 4.07. The Labute approximate surface area is 96.2 Å². The molecule has 0 heterocycles. The zero-order chi connectivity index (χ0) is 11.8. The SMILES string of the molecule is COc1c(CO)cccc1C1(C(C)N)CC1. The van der Waals surface area contributed by atoms with Crippen LogP contribution in [0.4, 0.5) is 0 Å². The number of ether oxygens (including phenoxy) is 1. The molecule has 1 unspecified atom stereocenters. The Kier molecular flexibility index (Phi) is 2.91. The van der Waals surface area contributed by atoms with Gasteiger partial charge < -0.3 is 15.6 Å². The summed E-state index contributed by atoms with van der Waals surface area (Å²) < 4.78 is 5.43. The lowest BCUT2D eigenvalue weighted by molar-refractivity contribution is 0.272. The van der Waals surface area contributed by atoms with Crippen molar-refractivity contribution in [1.82, 2.24) is 0 Å². The van der Waals surface area contributed by atoms with Crippen LogP contribution in [0.2, 0.25) is 0 Å². The van der Waals surface area contributed by atoms with E-state index in [1.165, 1.54) is 0 Å². The maximum atomic E-state index is 9.29. The quantitative estimate of drug-likeness (QED) is 0.811. The molecule has 3 N–H and O–H groups in total. The zero-order valence-corrected chi connectivity index (χ0v) is 9.86. The van der Waals surface area contributed by atoms with Crippen molar-refractivity contribution < 1.29 is 9.84 Å². The minimum Gasteiger partial charge on any atom is -0.496 e. The highest BCUT2D eigenvalue weighted by Crippen LogP contribution is 2.53. The molecule has 0 spiro atoms. The van der Waals surface area contributed by atoms with Crippen molar-refractivity contribution in [3.8, 4) is 5.75 Å². The number of benzene rings is 1. The number of hydrogen-bond donors (Lipinski definition) is 2. The molecule has 0 radical (unpaired) electrons. The van der Waals surface area contributed by atoms with Gasteiger partial charge in [0.1, 0.15) is 5.75 Å². The van der Waals surface area contributed by atoms with Crippen molar-refractivity contribution in [2.24, 2.45) is 5.73 Å². The van der Waals surface area contributed by atoms with Gasteiger partial charge in [0, 0.05) is 22.6 Å². The zero-order valence-electron chi connectivity index (χ0n) is 9.86. The molecule has 88 valence electrons. The van der Waals surface area contributed by atoms with Crippen molar-refractivity contribution in [2.75, 3.05) is 7.11 Å². The number of aliphatic hydroxyl groups is 1. The van der Waals surface area contributed by atoms with E-state index in [2.05, 4.69) is 6.07 Å². The molecule has 1 aromatic rings. The first-order valence-electron chi connectivity index (χ1n) is 5.68. The molecule has 0 bridgehead atoms. The Hall–Kier alpha value is -1.06. The van der Waals surface area contributed by atoms with Crippen LogP contribution in [0.1, 0.15) is 30.9 Å². The van der Waals surface area contributed by atoms with E-state index in [4.69, 9.17) is 10.5 Å². The first-order valence-corrected chi connectivity index (χ1v) is 5.68. The highest BCUT2D eigenvalue weighted by molar-refractivity contribution is 5.49. The molecule has 1 aromatic carbocycles. The Bertz CT molecular complexity index is 384. The number of methoxy groups -OCH3 is 1. The third-order valence-electron chi connectivity index (χ3n) is 3.67. The van der Waals surface area contributed by atoms with Crippen molar-refractivity contribution in [3.05, 3.63) is 29.3 Å². The second-order valence-corrected chi connectivity index (χ2v) is 4.60. The Morgan fingerprint density at radius 1 is 1.50 bits per heavy atom. The molecule has 1 fully saturated rings. The molecule has 16 heavy (non-hydrogen) atoms. The summed E-state index contributed by atoms with van der Waals surface area (Å²) in [7, 11) is 1.65. The summed E-state index contributed by atoms with van der Waals surface area (Å²) in [6.45, 7) is 2.05. The van der Waals surface area contributed by atoms with Gasteiger partial charge in [-0.05, 0) is 19.8 Å². The summed E-state index contributed by atoms with van der Waals surface area (Å²) in [5, 5.41) is 9.29. The van der Waals surface area contributed by atoms with E-state index < -0.39 is 0 Å². The molecular formula is C13H19NO2. The number of hydrogen-bond acceptors (Lipinski definition) is 3. The number of para-hydroxylation sites is 1. The van der Waals surface area contributed by atoms with Gasteiger partial charge in [-0.3, -0.25) is 0 Å². The van der Waals surface area contributed by atoms with E-state index in [9.17, 15) is 5.11 Å². The van der Waals surface area contributed by atoms with E-state index in [1.807, 2.05) is 19.1 Å². The summed E-state index contributed by atoms with van der Waals surface area (Å²) >= 11 is 0. The molecule has 1 saturated carbocycles. The minimum absolute atomic E-state index is 0.00600. The fraction of sp³-hybridized carbons (Fsp3) is 0.538. The van der Waals surface area contributed by atoms with Gasteiger partial charge in [-0.2, -0.15) is 0 Å². The van der Waals surface area contributed by atoms with Crippen LogP contribution in [-0.2, 0) is 12.0 Å². The highest BCUT2D eigenvalue weighted by Gasteiger charge is 2.49. The van der Waals surface area contributed by atoms with Gasteiger partial charge in [0.05, 0.1) is 13.7 Å². The Morgan fingerprint density at radius 2 is 2.19 bits per heavy atom. The Morgan fingerprint density at radius 3 is 2.62 bits per heavy atom. The van der Waals surface area contributed by atoms with Gasteiger partial charge in [-0.1, -0.05) is 18.2 Å². The van der Waals surface area contributed by atoms with Crippen LogP contribution in [0.5, 0.6) is 5.75 Å². The smallest absolute Gasteiger partial charge is 0.128 e. The average molecular weight is 221 g/mol. The van der Waals surface area contributed by atoms with Gasteiger partial charge >= 0.3 is 0 Å². The third kappa shape index (κ3) is 1.60. The van der Waals surface area contributed by atoms with Crippen LogP contribution in [0.3, 0.4) is 0 Å². The van der Waals surface area contributed by atoms with Crippen LogP contribution >= 0.6 is 0 Å². The molecule has 1 aliphatic rings. The number of rotatable bonds is 4. The molecule has 0 aliphatic heterocycles. The summed E-state index contributed by atoms with van der Waals surface area (Å²) in [6, 6.07) is 6.04. The Balaban J connectivity index is 2.49. The molecule has 0 aromatic heterocycles. The molecule has 1 aliphatic carbocycles. The van der Waals surface area contributed by atoms with Crippen LogP contribution in [0.25, 0.3) is 0 Å². The standard InChI is InChI=1S/C13H19NO2/c1-9(14)13(6-7-13)11-5-3-4-10(8-15)12(11)16-2/h3-5,9,15H,6-8,14H2,1-2H3. The molecule has 2 rings (SSSR count). The van der Waals surface area contributed by atoms with E-state index in [0.29, 0.717) is 0 Å². The highest BCUT2D eigenvalue weighted by atomic mass is 16.5. The lowest BCUT2D eigenvalue weighted by Gasteiger charge is -2.23. The van der Waals surface area contributed by atoms with Crippen LogP contribution in [-0.4, -0.2) is 18.3 Å². The van der Waals surface area contributed by atoms with Crippen LogP contribution < -0.4 is 10.5 Å². The summed E-state index contributed by atoms with van der Waals surface area (Å²) in [4.78, 5) is 0. The molecule has 1 atom stereocenters. The van der Waals surface area contributed by atoms with Crippen molar-refractivity contribution in [3.63, 3.8) is 0 Å². The van der Waals surface area contributed by atoms with E-state index in [0.717, 1.165) is 29.7 Å². The van der Waals surface area contributed by atoms with Crippen molar-refractivity contribution >= 4 is 0 Å². The van der Waals surface area contributed by atoms with Gasteiger partial charge in [0.25, 0.3) is 0 Å². The average Bonchev–Trinajstić information content (AvgIpc) is 3.09. The fourth-order valence-electron chi connectivity index (χ4n) is 2.45. The van der Waals surface area contributed by atoms with Crippen molar-refractivity contribution in [2.45, 2.75) is 37.8 Å². The van der Waals surface area contributed by atoms with Gasteiger partial charge in [0.2, 0.25) is 0 Å². The predicted octanol–water partition coefficient (Wildman–Crippen LogP) is 1.57. The molecule has 0 saturated heterocycles. The maximum absolute atomic E-state index is 9.29. The van der Waals surface area contributed by atoms with Crippen molar-refractivity contribution in [1.29, 1.82) is 0 Å². The second-order valence-electron chi connectivity index (χ2n) is 4.60. The van der Waals surface area contributed by atoms with Crippen LogP contribution in [0.15, 0.2) is 18.2 Å². The van der Waals surface area contributed by atoms with Crippen LogP contribution in [0, 0.1) is 0 Å². The normalized spacial score (nSPS) is 19.2. The molecular weight excluding hydrogens is 202 g/mol. The van der Waals surface area contributed by atoms with E-state index >= 15 is 0 Å². The summed E-state index contributed by atoms with van der Waals surface area (Å²) in [6.07, 6.45) is 2.21. The number of aliphatic hydroxyl groups excluding tert-OH is 1. The summed E-state index contributed by atoms with van der Waals surface area (Å²) in [5.41, 5.74) is 8.12. The molecule has 0 amide bonds. The first-order chi connectivity index (χ1) is 7.65. The maximum Gasteiger partial charge on any atom is 0.128 e. The van der Waals surface area contributed by atoms with Gasteiger partial charge in [0.15, 0.2) is 0 Å². The minimum atomic E-state index is 0.00600.